The first-order valence-electron chi connectivity index (χ1n) is 16.2. The Hall–Kier alpha value is -1.42. The Morgan fingerprint density at radius 2 is 1.88 bits per heavy atom. The van der Waals surface area contributed by atoms with Crippen LogP contribution in [-0.2, 0) is 51.9 Å². The zero-order valence-electron chi connectivity index (χ0n) is 27.0. The average molecular weight is 727 g/mol. The number of hydrogen-bond acceptors (Lipinski definition) is 15. The molecule has 1 aliphatic heterocycles. The summed E-state index contributed by atoms with van der Waals surface area (Å²) in [5.41, 5.74) is -0.153. The van der Waals surface area contributed by atoms with Crippen molar-refractivity contribution in [3.63, 3.8) is 0 Å². The van der Waals surface area contributed by atoms with Crippen LogP contribution in [0.4, 0.5) is 0 Å². The lowest BCUT2D eigenvalue weighted by molar-refractivity contribution is -0.435. The van der Waals surface area contributed by atoms with E-state index in [1.807, 2.05) is 0 Å². The maximum Gasteiger partial charge on any atom is 0.397 e. The summed E-state index contributed by atoms with van der Waals surface area (Å²) in [6, 6.07) is 0. The van der Waals surface area contributed by atoms with Gasteiger partial charge in [-0.1, -0.05) is 32.4 Å². The molecule has 5 N–H and O–H groups in total. The number of aliphatic hydroxyl groups is 2. The third-order valence-electron chi connectivity index (χ3n) is 11.5. The van der Waals surface area contributed by atoms with Crippen LogP contribution >= 0.6 is 12.3 Å². The molecule has 1 heterocycles. The second-order valence-corrected chi connectivity index (χ2v) is 16.1. The zero-order chi connectivity index (χ0) is 35.2. The van der Waals surface area contributed by atoms with Crippen molar-refractivity contribution in [2.24, 2.45) is 40.4 Å². The molecule has 0 radical (unpaired) electrons. The lowest BCUT2D eigenvalue weighted by Crippen LogP contribution is -2.63. The molecule has 4 aliphatic carbocycles. The van der Waals surface area contributed by atoms with Crippen LogP contribution in [0.3, 0.4) is 0 Å². The molecule has 0 aromatic carbocycles. The number of aliphatic carboxylic acids is 1. The maximum atomic E-state index is 13.0. The van der Waals surface area contributed by atoms with Gasteiger partial charge < -0.3 is 29.5 Å². The Morgan fingerprint density at radius 3 is 2.50 bits per heavy atom. The molecular formula is C30H46O16S2. The van der Waals surface area contributed by atoms with Crippen molar-refractivity contribution in [1.82, 2.24) is 0 Å². The summed E-state index contributed by atoms with van der Waals surface area (Å²) in [6.45, 7) is 8.92. The molecule has 5 aliphatic rings. The first kappa shape index (κ1) is 37.8. The van der Waals surface area contributed by atoms with Gasteiger partial charge in [-0.25, -0.2) is 9.44 Å². The van der Waals surface area contributed by atoms with Crippen molar-refractivity contribution in [3.05, 3.63) is 12.2 Å². The van der Waals surface area contributed by atoms with E-state index < -0.39 is 88.6 Å². The second kappa shape index (κ2) is 14.7. The Labute approximate surface area is 283 Å². The quantitative estimate of drug-likeness (QED) is 0.0268. The van der Waals surface area contributed by atoms with Gasteiger partial charge in [-0.3, -0.25) is 18.3 Å². The molecule has 18 heteroatoms. The van der Waals surface area contributed by atoms with E-state index in [4.69, 9.17) is 27.8 Å². The average Bonchev–Trinajstić information content (AvgIpc) is 3.16. The van der Waals surface area contributed by atoms with Crippen molar-refractivity contribution in [3.8, 4) is 0 Å². The first-order valence-corrected chi connectivity index (χ1v) is 18.2. The van der Waals surface area contributed by atoms with Crippen molar-refractivity contribution in [2.75, 3.05) is 6.61 Å². The highest BCUT2D eigenvalue weighted by Crippen LogP contribution is 2.70. The number of carbonyl (C=O) groups excluding carboxylic acids is 1. The third kappa shape index (κ3) is 7.32. The maximum absolute atomic E-state index is 13.0. The van der Waals surface area contributed by atoms with Crippen molar-refractivity contribution in [1.29, 1.82) is 0 Å². The fraction of sp³-hybridized carbons (Fsp3) is 0.867. The molecule has 13 atom stereocenters. The Bertz CT molecular complexity index is 1310. The van der Waals surface area contributed by atoms with Gasteiger partial charge in [0.25, 0.3) is 0 Å². The van der Waals surface area contributed by atoms with E-state index in [0.29, 0.717) is 19.3 Å². The van der Waals surface area contributed by atoms with Crippen LogP contribution in [0.2, 0.25) is 0 Å². The van der Waals surface area contributed by atoms with Gasteiger partial charge in [0.1, 0.15) is 18.3 Å². The molecule has 48 heavy (non-hydrogen) atoms. The number of hydrogen-bond donors (Lipinski definition) is 5. The topological polar surface area (TPSA) is 234 Å². The minimum absolute atomic E-state index is 0.0109. The van der Waals surface area contributed by atoms with Gasteiger partial charge >= 0.3 is 22.3 Å². The molecule has 4 saturated carbocycles. The zero-order valence-corrected chi connectivity index (χ0v) is 28.7. The van der Waals surface area contributed by atoms with Crippen molar-refractivity contribution >= 4 is 34.7 Å². The SMILES string of the molecule is C=C1C2CCC3C4(C)CC(O[C@H]5O[C@H](CO)[C@@H](OS(=O)(=O)O)[C@@H](OSOOO)C5OC(=O)CC(C)C)CC(C(=O)O)C4CCC3(C2)[C@H]1O. The van der Waals surface area contributed by atoms with Gasteiger partial charge in [-0.15, -0.1) is 4.33 Å². The molecule has 0 aromatic rings. The van der Waals surface area contributed by atoms with Crippen LogP contribution in [0, 0.1) is 40.4 Å². The minimum atomic E-state index is -5.18. The van der Waals surface area contributed by atoms with E-state index >= 15 is 0 Å². The second-order valence-electron chi connectivity index (χ2n) is 14.6. The highest BCUT2D eigenvalue weighted by molar-refractivity contribution is 7.89. The number of fused-ring (bicyclic) bond motifs is 3. The molecule has 5 rings (SSSR count). The Kier molecular flexibility index (Phi) is 11.6. The number of carboxylic acids is 1. The predicted octanol–water partition coefficient (Wildman–Crippen LogP) is 2.85. The third-order valence-corrected chi connectivity index (χ3v) is 12.4. The summed E-state index contributed by atoms with van der Waals surface area (Å²) < 4.78 is 65.8. The van der Waals surface area contributed by atoms with Crippen LogP contribution in [0.1, 0.15) is 72.1 Å². The standard InChI is InChI=1S/C30H46O16S2/c1-14(2)9-22(32)42-25-24(43-47-46-45-36)23(44-48(37,38)39)20(13-31)41-28(25)40-17-10-18(27(34)35)19-7-8-30-11-16(15(3)26(30)33)5-6-21(30)29(19,4)12-17/h14,16-21,23-26,28,31,33,36H,3,5-13H2,1-2,4H3,(H,34,35)(H,37,38,39)/t16?,17?,18?,19?,20-,21?,23-,24-,25?,26+,28+,29?,30?/m1/s1. The van der Waals surface area contributed by atoms with E-state index in [1.165, 1.54) is 0 Å². The largest absolute Gasteiger partial charge is 0.481 e. The molecule has 16 nitrogen and oxygen atoms in total. The minimum Gasteiger partial charge on any atom is -0.481 e. The van der Waals surface area contributed by atoms with E-state index in [1.54, 1.807) is 13.8 Å². The molecule has 274 valence electrons. The Morgan fingerprint density at radius 1 is 1.15 bits per heavy atom. The summed E-state index contributed by atoms with van der Waals surface area (Å²) in [5.74, 6) is -2.69. The van der Waals surface area contributed by atoms with Gasteiger partial charge in [0.05, 0.1) is 24.7 Å². The lowest BCUT2D eigenvalue weighted by atomic mass is 9.43. The van der Waals surface area contributed by atoms with Gasteiger partial charge in [-0.2, -0.15) is 8.42 Å². The fourth-order valence-corrected chi connectivity index (χ4v) is 10.6. The molecule has 2 bridgehead atoms. The number of carbonyl (C=O) groups is 2. The fourth-order valence-electron chi connectivity index (χ4n) is 9.76. The van der Waals surface area contributed by atoms with Gasteiger partial charge in [0, 0.05) is 11.8 Å². The molecule has 1 spiro atoms. The van der Waals surface area contributed by atoms with Crippen LogP contribution in [0.25, 0.3) is 0 Å². The molecule has 1 saturated heterocycles. The van der Waals surface area contributed by atoms with Crippen LogP contribution in [0.5, 0.6) is 0 Å². The predicted molar refractivity (Wildman–Crippen MR) is 163 cm³/mol. The molecule has 5 fully saturated rings. The number of aliphatic hydroxyl groups excluding tert-OH is 2. The number of ether oxygens (including phenoxy) is 3. The number of rotatable bonds is 13. The molecule has 8 unspecified atom stereocenters. The highest BCUT2D eigenvalue weighted by Gasteiger charge is 2.67. The number of esters is 1. The van der Waals surface area contributed by atoms with Crippen LogP contribution < -0.4 is 0 Å². The van der Waals surface area contributed by atoms with Gasteiger partial charge in [0.15, 0.2) is 24.7 Å². The summed E-state index contributed by atoms with van der Waals surface area (Å²) in [4.78, 5) is 25.8. The smallest absolute Gasteiger partial charge is 0.397 e. The van der Waals surface area contributed by atoms with E-state index in [2.05, 4.69) is 22.9 Å². The van der Waals surface area contributed by atoms with Crippen molar-refractivity contribution < 1.29 is 75.1 Å². The normalized spacial score (nSPS) is 42.7. The summed E-state index contributed by atoms with van der Waals surface area (Å²) in [5, 5.41) is 44.3. The summed E-state index contributed by atoms with van der Waals surface area (Å²) >= 11 is 0.0109. The molecule has 0 amide bonds. The molecule has 0 aromatic heterocycles. The Balaban J connectivity index is 1.48. The van der Waals surface area contributed by atoms with Crippen molar-refractivity contribution in [2.45, 2.75) is 115 Å². The van der Waals surface area contributed by atoms with Gasteiger partial charge in [-0.05, 0) is 79.6 Å². The highest BCUT2D eigenvalue weighted by atomic mass is 32.3. The monoisotopic (exact) mass is 726 g/mol. The van der Waals surface area contributed by atoms with Crippen LogP contribution in [0.15, 0.2) is 12.2 Å². The first-order chi connectivity index (χ1) is 22.5. The van der Waals surface area contributed by atoms with E-state index in [-0.39, 0.29) is 48.8 Å². The lowest BCUT2D eigenvalue weighted by Gasteiger charge is -2.62. The van der Waals surface area contributed by atoms with Gasteiger partial charge in [0.2, 0.25) is 0 Å². The van der Waals surface area contributed by atoms with E-state index in [0.717, 1.165) is 24.8 Å². The molecular weight excluding hydrogens is 680 g/mol. The van der Waals surface area contributed by atoms with Crippen LogP contribution in [-0.4, -0.2) is 95.0 Å². The summed E-state index contributed by atoms with van der Waals surface area (Å²) in [6.07, 6.45) is -5.52. The summed E-state index contributed by atoms with van der Waals surface area (Å²) in [7, 11) is -5.18. The number of carboxylic acid groups (broad SMARTS) is 1. The van der Waals surface area contributed by atoms with E-state index in [9.17, 15) is 37.9 Å².